The van der Waals surface area contributed by atoms with E-state index in [1.54, 1.807) is 11.3 Å². The van der Waals surface area contributed by atoms with Crippen LogP contribution in [-0.4, -0.2) is 21.6 Å². The molecule has 3 aromatic heterocycles. The summed E-state index contributed by atoms with van der Waals surface area (Å²) in [4.78, 5) is 14.7. The number of hydrogen-bond acceptors (Lipinski definition) is 4. The first-order chi connectivity index (χ1) is 9.30. The molecule has 3 rings (SSSR count). The van der Waals surface area contributed by atoms with Gasteiger partial charge in [0.1, 0.15) is 0 Å². The molecule has 0 aromatic carbocycles. The second-order valence-corrected chi connectivity index (χ2v) is 5.33. The molecule has 0 aliphatic carbocycles. The molecule has 0 amide bonds. The zero-order valence-electron chi connectivity index (χ0n) is 10.9. The molecule has 19 heavy (non-hydrogen) atoms. The number of aromatic nitrogens is 3. The summed E-state index contributed by atoms with van der Waals surface area (Å²) in [6, 6.07) is 8.06. The van der Waals surface area contributed by atoms with Crippen molar-refractivity contribution in [2.45, 2.75) is 20.3 Å². The fraction of sp³-hybridized carbons (Fsp3) is 0.286. The van der Waals surface area contributed by atoms with Crippen molar-refractivity contribution < 1.29 is 4.74 Å². The highest BCUT2D eigenvalue weighted by Crippen LogP contribution is 2.28. The molecule has 0 saturated heterocycles. The Kier molecular flexibility index (Phi) is 3.21. The molecule has 4 nitrogen and oxygen atoms in total. The third kappa shape index (κ3) is 2.33. The minimum Gasteiger partial charge on any atom is -0.478 e. The third-order valence-electron chi connectivity index (χ3n) is 2.86. The minimum absolute atomic E-state index is 0.612. The van der Waals surface area contributed by atoms with Gasteiger partial charge in [-0.3, -0.25) is 0 Å². The summed E-state index contributed by atoms with van der Waals surface area (Å²) in [7, 11) is 0. The van der Waals surface area contributed by atoms with Crippen molar-refractivity contribution in [1.82, 2.24) is 15.0 Å². The Balaban J connectivity index is 2.00. The summed E-state index contributed by atoms with van der Waals surface area (Å²) in [6.45, 7) is 4.71. The highest BCUT2D eigenvalue weighted by Gasteiger charge is 2.09. The largest absolute Gasteiger partial charge is 0.478 e. The summed E-state index contributed by atoms with van der Waals surface area (Å²) in [5.41, 5.74) is 1.64. The highest BCUT2D eigenvalue weighted by atomic mass is 32.1. The Labute approximate surface area is 115 Å². The van der Waals surface area contributed by atoms with E-state index >= 15 is 0 Å². The van der Waals surface area contributed by atoms with Crippen molar-refractivity contribution in [3.05, 3.63) is 29.1 Å². The Bertz CT molecular complexity index is 702. The molecule has 1 N–H and O–H groups in total. The van der Waals surface area contributed by atoms with Crippen LogP contribution in [0.3, 0.4) is 0 Å². The zero-order chi connectivity index (χ0) is 13.2. The number of hydrogen-bond donors (Lipinski definition) is 1. The summed E-state index contributed by atoms with van der Waals surface area (Å²) in [5.74, 6) is 1.49. The predicted molar refractivity (Wildman–Crippen MR) is 77.7 cm³/mol. The molecule has 0 fully saturated rings. The fourth-order valence-electron chi connectivity index (χ4n) is 1.92. The maximum absolute atomic E-state index is 5.39. The van der Waals surface area contributed by atoms with Gasteiger partial charge in [0.2, 0.25) is 5.88 Å². The van der Waals surface area contributed by atoms with Gasteiger partial charge in [-0.2, -0.15) is 4.98 Å². The number of pyridine rings is 1. The number of aryl methyl sites for hydroxylation is 1. The molecule has 3 heterocycles. The Morgan fingerprint density at radius 3 is 2.79 bits per heavy atom. The molecule has 0 radical (unpaired) electrons. The SMILES string of the molecule is CCOc1ccc2[nH]c(-c3ccc(CC)s3)nc2n1. The Hall–Kier alpha value is -1.88. The van der Waals surface area contributed by atoms with Gasteiger partial charge >= 0.3 is 0 Å². The van der Waals surface area contributed by atoms with Crippen LogP contribution >= 0.6 is 11.3 Å². The summed E-state index contributed by atoms with van der Waals surface area (Å²) in [6.07, 6.45) is 1.05. The molecular weight excluding hydrogens is 258 g/mol. The summed E-state index contributed by atoms with van der Waals surface area (Å²) < 4.78 is 5.39. The van der Waals surface area contributed by atoms with E-state index in [-0.39, 0.29) is 0 Å². The minimum atomic E-state index is 0.612. The van der Waals surface area contributed by atoms with Gasteiger partial charge in [0.15, 0.2) is 11.5 Å². The topological polar surface area (TPSA) is 50.8 Å². The number of aromatic amines is 1. The monoisotopic (exact) mass is 273 g/mol. The number of imidazole rings is 1. The van der Waals surface area contributed by atoms with E-state index in [9.17, 15) is 0 Å². The van der Waals surface area contributed by atoms with Gasteiger partial charge in [-0.1, -0.05) is 6.92 Å². The van der Waals surface area contributed by atoms with Crippen LogP contribution in [0.2, 0.25) is 0 Å². The molecule has 0 bridgehead atoms. The molecular formula is C14H15N3OS. The Morgan fingerprint density at radius 1 is 1.16 bits per heavy atom. The lowest BCUT2D eigenvalue weighted by atomic mass is 10.3. The van der Waals surface area contributed by atoms with E-state index in [2.05, 4.69) is 34.0 Å². The fourth-order valence-corrected chi connectivity index (χ4v) is 2.81. The lowest BCUT2D eigenvalue weighted by molar-refractivity contribution is 0.328. The molecule has 0 aliphatic rings. The highest BCUT2D eigenvalue weighted by molar-refractivity contribution is 7.15. The first-order valence-electron chi connectivity index (χ1n) is 6.38. The van der Waals surface area contributed by atoms with Gasteiger partial charge in [0, 0.05) is 10.9 Å². The van der Waals surface area contributed by atoms with Crippen LogP contribution in [0.25, 0.3) is 21.9 Å². The summed E-state index contributed by atoms with van der Waals surface area (Å²) >= 11 is 1.76. The number of nitrogens with zero attached hydrogens (tertiary/aromatic N) is 2. The molecule has 5 heteroatoms. The summed E-state index contributed by atoms with van der Waals surface area (Å²) in [5, 5.41) is 0. The van der Waals surface area contributed by atoms with Gasteiger partial charge in [-0.15, -0.1) is 11.3 Å². The van der Waals surface area contributed by atoms with Crippen LogP contribution in [0.5, 0.6) is 5.88 Å². The van der Waals surface area contributed by atoms with E-state index < -0.39 is 0 Å². The number of fused-ring (bicyclic) bond motifs is 1. The Morgan fingerprint density at radius 2 is 2.05 bits per heavy atom. The van der Waals surface area contributed by atoms with E-state index in [0.29, 0.717) is 18.1 Å². The molecule has 0 spiro atoms. The third-order valence-corrected chi connectivity index (χ3v) is 4.09. The van der Waals surface area contributed by atoms with Gasteiger partial charge in [0.05, 0.1) is 17.0 Å². The van der Waals surface area contributed by atoms with Crippen LogP contribution in [0.1, 0.15) is 18.7 Å². The maximum atomic E-state index is 5.39. The van der Waals surface area contributed by atoms with Crippen LogP contribution in [0, 0.1) is 0 Å². The van der Waals surface area contributed by atoms with Crippen molar-refractivity contribution in [3.8, 4) is 16.6 Å². The number of thiophene rings is 1. The van der Waals surface area contributed by atoms with Crippen molar-refractivity contribution >= 4 is 22.5 Å². The van der Waals surface area contributed by atoms with Crippen LogP contribution < -0.4 is 4.74 Å². The smallest absolute Gasteiger partial charge is 0.215 e. The quantitative estimate of drug-likeness (QED) is 0.789. The number of rotatable bonds is 4. The second-order valence-electron chi connectivity index (χ2n) is 4.16. The van der Waals surface area contributed by atoms with Crippen LogP contribution in [-0.2, 0) is 6.42 Å². The molecule has 3 aromatic rings. The van der Waals surface area contributed by atoms with E-state index in [4.69, 9.17) is 4.74 Å². The normalized spacial score (nSPS) is 11.1. The van der Waals surface area contributed by atoms with Gasteiger partial charge in [-0.05, 0) is 31.5 Å². The van der Waals surface area contributed by atoms with Crippen molar-refractivity contribution in [2.75, 3.05) is 6.61 Å². The molecule has 0 unspecified atom stereocenters. The average Bonchev–Trinajstić information content (AvgIpc) is 3.04. The maximum Gasteiger partial charge on any atom is 0.215 e. The van der Waals surface area contributed by atoms with Crippen LogP contribution in [0.15, 0.2) is 24.3 Å². The van der Waals surface area contributed by atoms with Gasteiger partial charge in [-0.25, -0.2) is 4.98 Å². The first kappa shape index (κ1) is 12.2. The average molecular weight is 273 g/mol. The molecule has 0 atom stereocenters. The van der Waals surface area contributed by atoms with Crippen molar-refractivity contribution in [3.63, 3.8) is 0 Å². The molecule has 0 saturated carbocycles. The predicted octanol–water partition coefficient (Wildman–Crippen LogP) is 3.65. The molecule has 98 valence electrons. The lowest BCUT2D eigenvalue weighted by Gasteiger charge is -1.99. The van der Waals surface area contributed by atoms with Crippen molar-refractivity contribution in [2.24, 2.45) is 0 Å². The number of ether oxygens (including phenoxy) is 1. The zero-order valence-corrected chi connectivity index (χ0v) is 11.8. The van der Waals surface area contributed by atoms with E-state index in [0.717, 1.165) is 22.6 Å². The van der Waals surface area contributed by atoms with Crippen molar-refractivity contribution in [1.29, 1.82) is 0 Å². The first-order valence-corrected chi connectivity index (χ1v) is 7.20. The van der Waals surface area contributed by atoms with E-state index in [1.807, 2.05) is 19.1 Å². The van der Waals surface area contributed by atoms with Gasteiger partial charge in [0.25, 0.3) is 0 Å². The molecule has 0 aliphatic heterocycles. The lowest BCUT2D eigenvalue weighted by Crippen LogP contribution is -1.93. The van der Waals surface area contributed by atoms with Crippen LogP contribution in [0.4, 0.5) is 0 Å². The standard InChI is InChI=1S/C14H15N3OS/c1-3-9-5-7-11(19-9)14-15-10-6-8-12(18-4-2)16-13(10)17-14/h5-8H,3-4H2,1-2H3,(H,15,16,17). The second kappa shape index (κ2) is 5.01. The van der Waals surface area contributed by atoms with E-state index in [1.165, 1.54) is 4.88 Å². The number of H-pyrrole nitrogens is 1. The van der Waals surface area contributed by atoms with Gasteiger partial charge < -0.3 is 9.72 Å². The number of nitrogens with one attached hydrogen (secondary N) is 1.